The van der Waals surface area contributed by atoms with Crippen LogP contribution in [0.15, 0.2) is 41.9 Å². The van der Waals surface area contributed by atoms with Gasteiger partial charge in [0, 0.05) is 30.8 Å². The molecule has 0 radical (unpaired) electrons. The number of hydrogen-bond donors (Lipinski definition) is 2. The van der Waals surface area contributed by atoms with E-state index in [1.54, 1.807) is 11.3 Å². The summed E-state index contributed by atoms with van der Waals surface area (Å²) >= 11 is 7.81. The number of aliphatic hydroxyl groups excluding tert-OH is 1. The lowest BCUT2D eigenvalue weighted by atomic mass is 10.0. The molecule has 2 N–H and O–H groups in total. The van der Waals surface area contributed by atoms with Crippen molar-refractivity contribution in [3.8, 4) is 0 Å². The lowest BCUT2D eigenvalue weighted by Gasteiger charge is -2.19. The summed E-state index contributed by atoms with van der Waals surface area (Å²) in [5.74, 6) is 0. The largest absolute Gasteiger partial charge is 0.396 e. The fourth-order valence-corrected chi connectivity index (χ4v) is 3.57. The van der Waals surface area contributed by atoms with Gasteiger partial charge in [-0.3, -0.25) is 4.40 Å². The lowest BCUT2D eigenvalue weighted by Crippen LogP contribution is -2.22. The molecule has 0 saturated heterocycles. The normalized spacial score (nSPS) is 12.8. The predicted octanol–water partition coefficient (Wildman–Crippen LogP) is 3.65. The SMILES string of the molecule is OCCCC(NCc1c(Cl)nc2sccn12)c1ccccc1. The van der Waals surface area contributed by atoms with Gasteiger partial charge < -0.3 is 10.4 Å². The Morgan fingerprint density at radius 3 is 2.91 bits per heavy atom. The van der Waals surface area contributed by atoms with Crippen molar-refractivity contribution in [1.29, 1.82) is 0 Å². The van der Waals surface area contributed by atoms with E-state index < -0.39 is 0 Å². The number of nitrogens with zero attached hydrogens (tertiary/aromatic N) is 2. The van der Waals surface area contributed by atoms with E-state index in [1.807, 2.05) is 34.2 Å². The first-order chi connectivity index (χ1) is 10.8. The third kappa shape index (κ3) is 3.33. The van der Waals surface area contributed by atoms with E-state index in [0.717, 1.165) is 23.5 Å². The molecular weight excluding hydrogens is 318 g/mol. The summed E-state index contributed by atoms with van der Waals surface area (Å²) in [6.45, 7) is 0.842. The van der Waals surface area contributed by atoms with Crippen molar-refractivity contribution < 1.29 is 5.11 Å². The van der Waals surface area contributed by atoms with E-state index in [1.165, 1.54) is 5.56 Å². The molecule has 1 unspecified atom stereocenters. The summed E-state index contributed by atoms with van der Waals surface area (Å²) in [5, 5.41) is 15.2. The zero-order valence-electron chi connectivity index (χ0n) is 12.1. The second-order valence-electron chi connectivity index (χ2n) is 5.11. The molecule has 0 fully saturated rings. The summed E-state index contributed by atoms with van der Waals surface area (Å²) in [6.07, 6.45) is 3.63. The van der Waals surface area contributed by atoms with Crippen LogP contribution in [0, 0.1) is 0 Å². The van der Waals surface area contributed by atoms with Crippen LogP contribution in [-0.2, 0) is 6.54 Å². The molecule has 1 atom stereocenters. The summed E-state index contributed by atoms with van der Waals surface area (Å²) in [4.78, 5) is 5.26. The molecule has 116 valence electrons. The topological polar surface area (TPSA) is 49.6 Å². The number of nitrogens with one attached hydrogen (secondary N) is 1. The number of hydrogen-bond acceptors (Lipinski definition) is 4. The first-order valence-corrected chi connectivity index (χ1v) is 8.54. The Kier molecular flexibility index (Phi) is 5.10. The highest BCUT2D eigenvalue weighted by atomic mass is 35.5. The fourth-order valence-electron chi connectivity index (χ4n) is 2.55. The summed E-state index contributed by atoms with van der Waals surface area (Å²) in [6, 6.07) is 10.5. The Morgan fingerprint density at radius 1 is 1.32 bits per heavy atom. The van der Waals surface area contributed by atoms with Gasteiger partial charge in [-0.25, -0.2) is 4.98 Å². The molecule has 0 aliphatic rings. The van der Waals surface area contributed by atoms with Crippen LogP contribution >= 0.6 is 22.9 Å². The second-order valence-corrected chi connectivity index (χ2v) is 6.35. The first kappa shape index (κ1) is 15.5. The van der Waals surface area contributed by atoms with E-state index in [-0.39, 0.29) is 12.6 Å². The highest BCUT2D eigenvalue weighted by molar-refractivity contribution is 7.15. The van der Waals surface area contributed by atoms with Crippen molar-refractivity contribution in [2.75, 3.05) is 6.61 Å². The number of imidazole rings is 1. The zero-order valence-corrected chi connectivity index (χ0v) is 13.6. The minimum atomic E-state index is 0.189. The van der Waals surface area contributed by atoms with Crippen molar-refractivity contribution >= 4 is 27.9 Å². The molecule has 22 heavy (non-hydrogen) atoms. The quantitative estimate of drug-likeness (QED) is 0.693. The number of aromatic nitrogens is 2. The summed E-state index contributed by atoms with van der Waals surface area (Å²) < 4.78 is 2.02. The van der Waals surface area contributed by atoms with E-state index in [0.29, 0.717) is 11.7 Å². The van der Waals surface area contributed by atoms with Gasteiger partial charge >= 0.3 is 0 Å². The van der Waals surface area contributed by atoms with Crippen molar-refractivity contribution in [3.63, 3.8) is 0 Å². The Hall–Kier alpha value is -1.40. The van der Waals surface area contributed by atoms with Gasteiger partial charge in [0.2, 0.25) is 0 Å². The Morgan fingerprint density at radius 2 is 2.14 bits per heavy atom. The Bertz CT molecular complexity index is 725. The van der Waals surface area contributed by atoms with Crippen LogP contribution in [0.3, 0.4) is 0 Å². The van der Waals surface area contributed by atoms with Gasteiger partial charge in [0.1, 0.15) is 0 Å². The second kappa shape index (κ2) is 7.24. The Labute approximate surface area is 138 Å². The standard InChI is InChI=1S/C16H18ClN3OS/c17-15-14(20-8-10-22-16(20)19-15)11-18-13(7-4-9-21)12-5-2-1-3-6-12/h1-3,5-6,8,10,13,18,21H,4,7,9,11H2. The number of fused-ring (bicyclic) bond motifs is 1. The van der Waals surface area contributed by atoms with Crippen LogP contribution in [-0.4, -0.2) is 21.1 Å². The van der Waals surface area contributed by atoms with Crippen LogP contribution in [0.1, 0.15) is 30.1 Å². The number of aliphatic hydroxyl groups is 1. The van der Waals surface area contributed by atoms with Gasteiger partial charge in [-0.1, -0.05) is 41.9 Å². The maximum atomic E-state index is 9.11. The van der Waals surface area contributed by atoms with Crippen molar-refractivity contribution in [3.05, 3.63) is 58.3 Å². The van der Waals surface area contributed by atoms with E-state index in [2.05, 4.69) is 22.4 Å². The van der Waals surface area contributed by atoms with E-state index in [9.17, 15) is 0 Å². The molecule has 4 nitrogen and oxygen atoms in total. The number of benzene rings is 1. The van der Waals surface area contributed by atoms with Gasteiger partial charge in [0.05, 0.1) is 5.69 Å². The summed E-state index contributed by atoms with van der Waals surface area (Å²) in [5.41, 5.74) is 2.20. The average Bonchev–Trinajstić information content (AvgIpc) is 3.10. The average molecular weight is 336 g/mol. The minimum Gasteiger partial charge on any atom is -0.396 e. The smallest absolute Gasteiger partial charge is 0.195 e. The van der Waals surface area contributed by atoms with Crippen molar-refractivity contribution in [2.24, 2.45) is 0 Å². The molecule has 0 aliphatic carbocycles. The highest BCUT2D eigenvalue weighted by Gasteiger charge is 2.15. The number of halogens is 1. The zero-order chi connectivity index (χ0) is 15.4. The maximum absolute atomic E-state index is 9.11. The van der Waals surface area contributed by atoms with Gasteiger partial charge in [-0.2, -0.15) is 0 Å². The predicted molar refractivity (Wildman–Crippen MR) is 90.4 cm³/mol. The molecule has 0 amide bonds. The van der Waals surface area contributed by atoms with Crippen LogP contribution in [0.2, 0.25) is 5.15 Å². The lowest BCUT2D eigenvalue weighted by molar-refractivity contribution is 0.274. The fraction of sp³-hybridized carbons (Fsp3) is 0.312. The monoisotopic (exact) mass is 335 g/mol. The molecular formula is C16H18ClN3OS. The third-order valence-electron chi connectivity index (χ3n) is 3.68. The number of rotatable bonds is 7. The van der Waals surface area contributed by atoms with Crippen LogP contribution in [0.25, 0.3) is 4.96 Å². The van der Waals surface area contributed by atoms with Crippen LogP contribution in [0.4, 0.5) is 0 Å². The molecule has 2 heterocycles. The molecule has 0 saturated carbocycles. The highest BCUT2D eigenvalue weighted by Crippen LogP contribution is 2.23. The Balaban J connectivity index is 1.76. The molecule has 3 rings (SSSR count). The first-order valence-electron chi connectivity index (χ1n) is 7.28. The van der Waals surface area contributed by atoms with E-state index in [4.69, 9.17) is 16.7 Å². The van der Waals surface area contributed by atoms with Gasteiger partial charge in [0.15, 0.2) is 10.1 Å². The third-order valence-corrected chi connectivity index (χ3v) is 4.74. The maximum Gasteiger partial charge on any atom is 0.195 e. The van der Waals surface area contributed by atoms with Gasteiger partial charge in [0.25, 0.3) is 0 Å². The molecule has 0 spiro atoms. The molecule has 6 heteroatoms. The number of thiazole rings is 1. The van der Waals surface area contributed by atoms with Crippen LogP contribution < -0.4 is 5.32 Å². The van der Waals surface area contributed by atoms with Crippen LogP contribution in [0.5, 0.6) is 0 Å². The summed E-state index contributed by atoms with van der Waals surface area (Å²) in [7, 11) is 0. The molecule has 1 aromatic carbocycles. The van der Waals surface area contributed by atoms with Gasteiger partial charge in [-0.05, 0) is 18.4 Å². The van der Waals surface area contributed by atoms with Gasteiger partial charge in [-0.15, -0.1) is 11.3 Å². The minimum absolute atomic E-state index is 0.189. The van der Waals surface area contributed by atoms with Crippen molar-refractivity contribution in [2.45, 2.75) is 25.4 Å². The van der Waals surface area contributed by atoms with E-state index >= 15 is 0 Å². The van der Waals surface area contributed by atoms with Crippen molar-refractivity contribution in [1.82, 2.24) is 14.7 Å². The molecule has 0 aliphatic heterocycles. The molecule has 2 aromatic heterocycles. The molecule has 3 aromatic rings. The molecule has 0 bridgehead atoms.